The Morgan fingerprint density at radius 2 is 1.81 bits per heavy atom. The van der Waals surface area contributed by atoms with Gasteiger partial charge in [0.25, 0.3) is 5.56 Å². The Morgan fingerprint density at radius 1 is 1.23 bits per heavy atom. The zero-order valence-electron chi connectivity index (χ0n) is 15.7. The molecule has 0 amide bonds. The lowest BCUT2D eigenvalue weighted by atomic mass is 9.89. The summed E-state index contributed by atoms with van der Waals surface area (Å²) in [5, 5.41) is 21.2. The van der Waals surface area contributed by atoms with Gasteiger partial charge in [-0.2, -0.15) is 4.31 Å². The number of aromatic nitrogens is 2. The van der Waals surface area contributed by atoms with Gasteiger partial charge in [0.1, 0.15) is 17.3 Å². The van der Waals surface area contributed by atoms with Crippen LogP contribution < -0.4 is 11.2 Å². The maximum Gasteiger partial charge on any atom is 0.488 e. The van der Waals surface area contributed by atoms with Gasteiger partial charge in [0.15, 0.2) is 6.23 Å². The van der Waals surface area contributed by atoms with E-state index in [-0.39, 0.29) is 0 Å². The first-order chi connectivity index (χ1) is 13.8. The third-order valence-corrected chi connectivity index (χ3v) is 8.75. The lowest BCUT2D eigenvalue weighted by Crippen LogP contribution is -2.50. The van der Waals surface area contributed by atoms with E-state index in [0.29, 0.717) is 0 Å². The van der Waals surface area contributed by atoms with Crippen molar-refractivity contribution >= 4 is 34.2 Å². The number of hydrogen-bond acceptors (Lipinski definition) is 11. The molecule has 0 spiro atoms. The van der Waals surface area contributed by atoms with Crippen LogP contribution >= 0.6 is 22.4 Å². The molecule has 0 aromatic carbocycles. The number of aliphatic hydroxyl groups is 2. The number of aromatic amines is 1. The lowest BCUT2D eigenvalue weighted by molar-refractivity contribution is -0.119. The molecule has 6 atom stereocenters. The normalized spacial score (nSPS) is 33.0. The summed E-state index contributed by atoms with van der Waals surface area (Å²) in [5.41, 5.74) is -5.74. The lowest BCUT2D eigenvalue weighted by Gasteiger charge is -2.30. The number of aliphatic hydroxyl groups excluding tert-OH is 1. The van der Waals surface area contributed by atoms with E-state index in [2.05, 4.69) is 20.4 Å². The fourth-order valence-corrected chi connectivity index (χ4v) is 6.80. The summed E-state index contributed by atoms with van der Waals surface area (Å²) < 4.78 is 40.9. The Bertz CT molecular complexity index is 1100. The first-order valence-corrected chi connectivity index (χ1v) is 13.6. The number of phosphoric acid groups is 2. The second kappa shape index (κ2) is 8.63. The van der Waals surface area contributed by atoms with Gasteiger partial charge in [0, 0.05) is 12.3 Å². The molecule has 0 radical (unpaired) electrons. The van der Waals surface area contributed by atoms with Crippen molar-refractivity contribution in [2.75, 3.05) is 6.61 Å². The Kier molecular flexibility index (Phi) is 7.42. The van der Waals surface area contributed by atoms with Crippen LogP contribution in [0.15, 0.2) is 21.9 Å². The van der Waals surface area contributed by atoms with Crippen LogP contribution in [0.25, 0.3) is 0 Å². The second-order valence-corrected chi connectivity index (χ2v) is 12.6. The van der Waals surface area contributed by atoms with Crippen molar-refractivity contribution in [1.82, 2.24) is 9.55 Å². The average Bonchev–Trinajstić information content (AvgIpc) is 2.71. The number of nitrogens with zero attached hydrogens (tertiary/aromatic N) is 1. The molecule has 31 heavy (non-hydrogen) atoms. The fraction of sp³-hybridized carbons (Fsp3) is 0.636. The molecule has 2 rings (SSSR count). The van der Waals surface area contributed by atoms with Crippen LogP contribution in [-0.2, 0) is 38.8 Å². The molecule has 1 aliphatic heterocycles. The summed E-state index contributed by atoms with van der Waals surface area (Å²) >= 11 is 4.48. The number of rotatable bonds is 8. The monoisotopic (exact) mass is 528 g/mol. The van der Waals surface area contributed by atoms with Crippen LogP contribution in [0, 0.1) is 0 Å². The minimum Gasteiger partial charge on any atom is -0.387 e. The minimum absolute atomic E-state index is 0.727. The number of hydrogen-bond donors (Lipinski definition) is 7. The Morgan fingerprint density at radius 3 is 2.32 bits per heavy atom. The van der Waals surface area contributed by atoms with Gasteiger partial charge < -0.3 is 39.0 Å². The maximum atomic E-state index is 12.0. The quantitative estimate of drug-likeness (QED) is 0.188. The van der Waals surface area contributed by atoms with E-state index in [9.17, 15) is 38.7 Å². The van der Waals surface area contributed by atoms with Gasteiger partial charge in [-0.1, -0.05) is 0 Å². The molecule has 2 heterocycles. The SMILES string of the molecule is CC1(COP(O)(=S)OP(=O)(O)OP(=O)(O)O)OC(n2ccc(=O)[nH]c2=O)C(C)(O)C1O. The topological polar surface area (TPSA) is 247 Å². The van der Waals surface area contributed by atoms with Crippen molar-refractivity contribution < 1.29 is 56.8 Å². The van der Waals surface area contributed by atoms with Crippen LogP contribution in [0.3, 0.4) is 0 Å². The zero-order valence-corrected chi connectivity index (χ0v) is 19.2. The second-order valence-electron chi connectivity index (χ2n) is 6.79. The molecule has 1 aromatic rings. The first-order valence-electron chi connectivity index (χ1n) is 7.96. The summed E-state index contributed by atoms with van der Waals surface area (Å²) in [6.45, 7) is -3.32. The standard InChI is InChI=1S/C11H19N2O14P3S/c1-10(5-24-30(23,31)27-29(21,22)26-28(18,19)20)7(15)11(2,17)8(25-10)13-4-3-6(14)12-9(13)16/h3-4,7-8,15,17H,5H2,1-2H3,(H,21,22)(H,23,31)(H,12,14,16)(H2,18,19,20). The van der Waals surface area contributed by atoms with Crippen LogP contribution in [-0.4, -0.2) is 63.3 Å². The highest BCUT2D eigenvalue weighted by atomic mass is 32.5. The van der Waals surface area contributed by atoms with Gasteiger partial charge in [-0.05, 0) is 25.7 Å². The van der Waals surface area contributed by atoms with E-state index in [0.717, 1.165) is 23.8 Å². The van der Waals surface area contributed by atoms with Crippen molar-refractivity contribution in [2.24, 2.45) is 0 Å². The van der Waals surface area contributed by atoms with E-state index in [1.807, 2.05) is 4.98 Å². The molecule has 1 saturated heterocycles. The smallest absolute Gasteiger partial charge is 0.387 e. The highest BCUT2D eigenvalue weighted by Gasteiger charge is 2.60. The molecular weight excluding hydrogens is 509 g/mol. The summed E-state index contributed by atoms with van der Waals surface area (Å²) in [6, 6.07) is 0.959. The highest BCUT2D eigenvalue weighted by molar-refractivity contribution is 8.08. The third-order valence-electron chi connectivity index (χ3n) is 4.05. The summed E-state index contributed by atoms with van der Waals surface area (Å²) in [6.07, 6.45) is -2.36. The minimum atomic E-state index is -5.56. The zero-order chi connectivity index (χ0) is 24.0. The molecule has 0 bridgehead atoms. The van der Waals surface area contributed by atoms with Crippen LogP contribution in [0.5, 0.6) is 0 Å². The summed E-state index contributed by atoms with van der Waals surface area (Å²) in [7, 11) is -11.0. The van der Waals surface area contributed by atoms with E-state index in [4.69, 9.17) is 19.0 Å². The van der Waals surface area contributed by atoms with Gasteiger partial charge in [-0.15, -0.1) is 0 Å². The predicted octanol–water partition coefficient (Wildman–Crippen LogP) is -1.60. The average molecular weight is 528 g/mol. The van der Waals surface area contributed by atoms with Crippen molar-refractivity contribution in [3.8, 4) is 0 Å². The molecule has 20 heteroatoms. The highest BCUT2D eigenvalue weighted by Crippen LogP contribution is 2.66. The van der Waals surface area contributed by atoms with Crippen molar-refractivity contribution in [2.45, 2.75) is 37.4 Å². The van der Waals surface area contributed by atoms with Gasteiger partial charge in [-0.25, -0.2) is 18.2 Å². The molecule has 1 aromatic heterocycles. The first kappa shape index (κ1) is 26.6. The van der Waals surface area contributed by atoms with Crippen LogP contribution in [0.2, 0.25) is 0 Å². The fourth-order valence-electron chi connectivity index (χ4n) is 2.77. The summed E-state index contributed by atoms with van der Waals surface area (Å²) in [5.74, 6) is 0. The van der Waals surface area contributed by atoms with Gasteiger partial charge in [0.05, 0.1) is 6.61 Å². The maximum absolute atomic E-state index is 12.0. The molecule has 1 aliphatic rings. The molecule has 6 unspecified atom stereocenters. The van der Waals surface area contributed by atoms with Crippen molar-refractivity contribution in [3.05, 3.63) is 33.1 Å². The Labute approximate surface area is 178 Å². The molecule has 7 N–H and O–H groups in total. The number of ether oxygens (including phenoxy) is 1. The molecular formula is C11H19N2O14P3S. The molecule has 16 nitrogen and oxygen atoms in total. The van der Waals surface area contributed by atoms with E-state index in [1.54, 1.807) is 0 Å². The van der Waals surface area contributed by atoms with Crippen LogP contribution in [0.4, 0.5) is 0 Å². The third kappa shape index (κ3) is 6.47. The van der Waals surface area contributed by atoms with Crippen LogP contribution in [0.1, 0.15) is 20.1 Å². The Balaban J connectivity index is 2.22. The van der Waals surface area contributed by atoms with E-state index >= 15 is 0 Å². The Hall–Kier alpha value is -0.610. The molecule has 1 fully saturated rings. The van der Waals surface area contributed by atoms with Gasteiger partial charge in [-0.3, -0.25) is 14.3 Å². The molecule has 0 aliphatic carbocycles. The molecule has 0 saturated carbocycles. The molecule has 178 valence electrons. The predicted molar refractivity (Wildman–Crippen MR) is 103 cm³/mol. The van der Waals surface area contributed by atoms with Crippen molar-refractivity contribution in [3.63, 3.8) is 0 Å². The van der Waals surface area contributed by atoms with E-state index < -0.39 is 63.8 Å². The summed E-state index contributed by atoms with van der Waals surface area (Å²) in [4.78, 5) is 61.5. The number of H-pyrrole nitrogens is 1. The van der Waals surface area contributed by atoms with Gasteiger partial charge in [0.2, 0.25) is 0 Å². The largest absolute Gasteiger partial charge is 0.488 e. The number of nitrogens with one attached hydrogen (secondary N) is 1. The van der Waals surface area contributed by atoms with E-state index in [1.165, 1.54) is 6.92 Å². The van der Waals surface area contributed by atoms with Gasteiger partial charge >= 0.3 is 28.1 Å². The van der Waals surface area contributed by atoms with Crippen molar-refractivity contribution in [1.29, 1.82) is 0 Å².